The SMILES string of the molecule is CCOC(=O)NS(=O)(=O)NCCCOC1CCC(N)CC1. The Labute approximate surface area is 125 Å². The summed E-state index contributed by atoms with van der Waals surface area (Å²) in [5.74, 6) is 0. The molecule has 1 saturated carbocycles. The highest BCUT2D eigenvalue weighted by atomic mass is 32.2. The van der Waals surface area contributed by atoms with Gasteiger partial charge < -0.3 is 15.2 Å². The van der Waals surface area contributed by atoms with Gasteiger partial charge in [0.25, 0.3) is 0 Å². The van der Waals surface area contributed by atoms with Crippen molar-refractivity contribution in [2.75, 3.05) is 19.8 Å². The Balaban J connectivity index is 2.09. The van der Waals surface area contributed by atoms with E-state index in [0.29, 0.717) is 13.0 Å². The van der Waals surface area contributed by atoms with Crippen LogP contribution in [0.25, 0.3) is 0 Å². The molecule has 9 heteroatoms. The Hall–Kier alpha value is -0.900. The summed E-state index contributed by atoms with van der Waals surface area (Å²) in [5.41, 5.74) is 5.81. The molecule has 0 aliphatic heterocycles. The Morgan fingerprint density at radius 3 is 2.57 bits per heavy atom. The van der Waals surface area contributed by atoms with E-state index in [4.69, 9.17) is 10.5 Å². The highest BCUT2D eigenvalue weighted by molar-refractivity contribution is 7.88. The third-order valence-corrected chi connectivity index (χ3v) is 4.20. The average Bonchev–Trinajstić information content (AvgIpc) is 2.40. The summed E-state index contributed by atoms with van der Waals surface area (Å²) in [6.07, 6.45) is 3.63. The molecule has 1 amide bonds. The van der Waals surface area contributed by atoms with Gasteiger partial charge in [0.05, 0.1) is 12.7 Å². The zero-order valence-corrected chi connectivity index (χ0v) is 13.2. The van der Waals surface area contributed by atoms with Crippen LogP contribution in [0.2, 0.25) is 0 Å². The first-order valence-corrected chi connectivity index (χ1v) is 8.72. The van der Waals surface area contributed by atoms with Gasteiger partial charge in [-0.1, -0.05) is 0 Å². The molecule has 1 fully saturated rings. The van der Waals surface area contributed by atoms with Gasteiger partial charge in [-0.25, -0.2) is 9.52 Å². The van der Waals surface area contributed by atoms with Crippen LogP contribution < -0.4 is 15.2 Å². The minimum absolute atomic E-state index is 0.111. The van der Waals surface area contributed by atoms with E-state index in [1.54, 1.807) is 11.6 Å². The molecule has 1 aliphatic rings. The lowest BCUT2D eigenvalue weighted by atomic mass is 9.94. The zero-order chi connectivity index (χ0) is 15.7. The summed E-state index contributed by atoms with van der Waals surface area (Å²) < 4.78 is 37.0. The molecule has 0 unspecified atom stereocenters. The first-order valence-electron chi connectivity index (χ1n) is 7.24. The molecule has 0 atom stereocenters. The van der Waals surface area contributed by atoms with Crippen LogP contribution in [0.4, 0.5) is 4.79 Å². The third-order valence-electron chi connectivity index (χ3n) is 3.18. The summed E-state index contributed by atoms with van der Waals surface area (Å²) in [6, 6.07) is 0.283. The summed E-state index contributed by atoms with van der Waals surface area (Å²) in [5, 5.41) is 0. The number of carbonyl (C=O) groups is 1. The standard InChI is InChI=1S/C12H25N3O5S/c1-2-19-12(16)15-21(17,18)14-8-3-9-20-11-6-4-10(13)5-7-11/h10-11,14H,2-9,13H2,1H3,(H,15,16). The van der Waals surface area contributed by atoms with Gasteiger partial charge in [0, 0.05) is 19.2 Å². The molecule has 1 aliphatic carbocycles. The maximum atomic E-state index is 11.4. The van der Waals surface area contributed by atoms with Gasteiger partial charge in [-0.15, -0.1) is 0 Å². The first-order chi connectivity index (χ1) is 9.93. The van der Waals surface area contributed by atoms with Crippen LogP contribution in [0.1, 0.15) is 39.0 Å². The van der Waals surface area contributed by atoms with Crippen LogP contribution in [0, 0.1) is 0 Å². The first kappa shape index (κ1) is 18.1. The number of nitrogens with one attached hydrogen (secondary N) is 2. The summed E-state index contributed by atoms with van der Waals surface area (Å²) >= 11 is 0. The Bertz CT molecular complexity index is 407. The van der Waals surface area contributed by atoms with Gasteiger partial charge in [0.1, 0.15) is 0 Å². The summed E-state index contributed by atoms with van der Waals surface area (Å²) in [4.78, 5) is 11.0. The molecule has 0 spiro atoms. The van der Waals surface area contributed by atoms with Gasteiger partial charge >= 0.3 is 16.3 Å². The monoisotopic (exact) mass is 323 g/mol. The Kier molecular flexibility index (Phi) is 7.94. The maximum absolute atomic E-state index is 11.4. The lowest BCUT2D eigenvalue weighted by Gasteiger charge is -2.26. The van der Waals surface area contributed by atoms with Gasteiger partial charge in [0.2, 0.25) is 0 Å². The van der Waals surface area contributed by atoms with Gasteiger partial charge in [0.15, 0.2) is 0 Å². The van der Waals surface area contributed by atoms with Gasteiger partial charge in [-0.05, 0) is 39.0 Å². The van der Waals surface area contributed by atoms with Crippen molar-refractivity contribution in [2.45, 2.75) is 51.2 Å². The number of carbonyl (C=O) groups excluding carboxylic acids is 1. The van der Waals surface area contributed by atoms with Crippen molar-refractivity contribution < 1.29 is 22.7 Å². The molecule has 0 bridgehead atoms. The summed E-state index contributed by atoms with van der Waals surface area (Å²) in [6.45, 7) is 2.37. The highest BCUT2D eigenvalue weighted by Gasteiger charge is 2.19. The predicted octanol–water partition coefficient (Wildman–Crippen LogP) is 0.244. The smallest absolute Gasteiger partial charge is 0.421 e. The van der Waals surface area contributed by atoms with Crippen molar-refractivity contribution in [3.63, 3.8) is 0 Å². The molecule has 1 rings (SSSR count). The second-order valence-electron chi connectivity index (χ2n) is 4.98. The van der Waals surface area contributed by atoms with Gasteiger partial charge in [-0.2, -0.15) is 13.1 Å². The molecular weight excluding hydrogens is 298 g/mol. The van der Waals surface area contributed by atoms with E-state index < -0.39 is 16.3 Å². The van der Waals surface area contributed by atoms with Crippen molar-refractivity contribution in [1.29, 1.82) is 0 Å². The second-order valence-corrected chi connectivity index (χ2v) is 6.48. The normalized spacial score (nSPS) is 22.8. The van der Waals surface area contributed by atoms with Crippen LogP contribution >= 0.6 is 0 Å². The quantitative estimate of drug-likeness (QED) is 0.551. The van der Waals surface area contributed by atoms with E-state index in [1.807, 2.05) is 0 Å². The number of ether oxygens (including phenoxy) is 2. The maximum Gasteiger partial charge on any atom is 0.421 e. The number of rotatable bonds is 8. The van der Waals surface area contributed by atoms with Crippen molar-refractivity contribution in [3.05, 3.63) is 0 Å². The number of amides is 1. The summed E-state index contributed by atoms with van der Waals surface area (Å²) in [7, 11) is -3.86. The number of hydrogen-bond donors (Lipinski definition) is 3. The van der Waals surface area contributed by atoms with Crippen molar-refractivity contribution in [1.82, 2.24) is 9.44 Å². The van der Waals surface area contributed by atoms with Crippen LogP contribution in [0.5, 0.6) is 0 Å². The molecule has 0 aromatic heterocycles. The average molecular weight is 323 g/mol. The molecule has 0 radical (unpaired) electrons. The molecule has 0 saturated heterocycles. The minimum atomic E-state index is -3.86. The lowest BCUT2D eigenvalue weighted by molar-refractivity contribution is 0.0245. The fourth-order valence-corrected chi connectivity index (χ4v) is 2.85. The molecule has 0 aromatic carbocycles. The molecule has 21 heavy (non-hydrogen) atoms. The Morgan fingerprint density at radius 2 is 1.95 bits per heavy atom. The third kappa shape index (κ3) is 8.20. The topological polar surface area (TPSA) is 120 Å². The van der Waals surface area contributed by atoms with Crippen LogP contribution in [-0.2, 0) is 19.7 Å². The molecule has 8 nitrogen and oxygen atoms in total. The van der Waals surface area contributed by atoms with Crippen LogP contribution in [0.3, 0.4) is 0 Å². The largest absolute Gasteiger partial charge is 0.449 e. The van der Waals surface area contributed by atoms with Crippen molar-refractivity contribution in [2.24, 2.45) is 5.73 Å². The fraction of sp³-hybridized carbons (Fsp3) is 0.917. The van der Waals surface area contributed by atoms with E-state index in [2.05, 4.69) is 9.46 Å². The van der Waals surface area contributed by atoms with Crippen molar-refractivity contribution >= 4 is 16.3 Å². The molecule has 0 heterocycles. The van der Waals surface area contributed by atoms with E-state index in [-0.39, 0.29) is 25.3 Å². The zero-order valence-electron chi connectivity index (χ0n) is 12.3. The fourth-order valence-electron chi connectivity index (χ4n) is 2.09. The van der Waals surface area contributed by atoms with E-state index in [1.165, 1.54) is 0 Å². The Morgan fingerprint density at radius 1 is 1.29 bits per heavy atom. The van der Waals surface area contributed by atoms with Gasteiger partial charge in [-0.3, -0.25) is 0 Å². The second kappa shape index (κ2) is 9.19. The highest BCUT2D eigenvalue weighted by Crippen LogP contribution is 2.19. The molecule has 0 aromatic rings. The van der Waals surface area contributed by atoms with E-state index in [9.17, 15) is 13.2 Å². The molecule has 124 valence electrons. The molecule has 4 N–H and O–H groups in total. The van der Waals surface area contributed by atoms with Crippen molar-refractivity contribution in [3.8, 4) is 0 Å². The van der Waals surface area contributed by atoms with E-state index >= 15 is 0 Å². The van der Waals surface area contributed by atoms with E-state index in [0.717, 1.165) is 25.7 Å². The number of nitrogens with two attached hydrogens (primary N) is 1. The molecular formula is C12H25N3O5S. The lowest BCUT2D eigenvalue weighted by Crippen LogP contribution is -2.41. The number of hydrogen-bond acceptors (Lipinski definition) is 6. The van der Waals surface area contributed by atoms with Crippen LogP contribution in [0.15, 0.2) is 0 Å². The van der Waals surface area contributed by atoms with Crippen LogP contribution in [-0.4, -0.2) is 46.4 Å². The minimum Gasteiger partial charge on any atom is -0.449 e. The predicted molar refractivity (Wildman–Crippen MR) is 77.9 cm³/mol.